The molecule has 21 heavy (non-hydrogen) atoms. The van der Waals surface area contributed by atoms with Crippen LogP contribution < -0.4 is 5.32 Å². The molecule has 3 heteroatoms. The average Bonchev–Trinajstić information content (AvgIpc) is 3.18. The van der Waals surface area contributed by atoms with Gasteiger partial charge in [-0.3, -0.25) is 4.90 Å². The minimum Gasteiger partial charge on any atom is -0.370 e. The Hall–Kier alpha value is -0.900. The summed E-state index contributed by atoms with van der Waals surface area (Å²) in [6.45, 7) is 10.6. The van der Waals surface area contributed by atoms with Gasteiger partial charge in [-0.2, -0.15) is 0 Å². The molecule has 116 valence electrons. The van der Waals surface area contributed by atoms with Crippen LogP contribution in [0.5, 0.6) is 0 Å². The summed E-state index contributed by atoms with van der Waals surface area (Å²) < 4.78 is 5.99. The largest absolute Gasteiger partial charge is 0.370 e. The molecule has 0 spiro atoms. The third kappa shape index (κ3) is 4.53. The van der Waals surface area contributed by atoms with E-state index in [0.29, 0.717) is 6.10 Å². The van der Waals surface area contributed by atoms with E-state index < -0.39 is 0 Å². The van der Waals surface area contributed by atoms with Gasteiger partial charge in [-0.1, -0.05) is 24.3 Å². The van der Waals surface area contributed by atoms with Crippen molar-refractivity contribution in [3.05, 3.63) is 35.4 Å². The molecule has 2 fully saturated rings. The van der Waals surface area contributed by atoms with Crippen LogP contribution in [0.15, 0.2) is 24.3 Å². The van der Waals surface area contributed by atoms with E-state index in [0.717, 1.165) is 32.2 Å². The van der Waals surface area contributed by atoms with Crippen LogP contribution in [0.1, 0.15) is 44.7 Å². The van der Waals surface area contributed by atoms with Gasteiger partial charge >= 0.3 is 0 Å². The van der Waals surface area contributed by atoms with Crippen molar-refractivity contribution in [2.45, 2.75) is 64.4 Å². The molecule has 1 aromatic carbocycles. The fourth-order valence-electron chi connectivity index (χ4n) is 3.35. The fourth-order valence-corrected chi connectivity index (χ4v) is 3.35. The zero-order valence-corrected chi connectivity index (χ0v) is 13.6. The smallest absolute Gasteiger partial charge is 0.0757 e. The standard InChI is InChI=1S/C18H28N2O/c1-14-11-20(13-18(2,3)21-14)12-16-6-4-5-15(9-16)10-19-17-7-8-17/h4-6,9,14,17,19H,7-8,10-13H2,1-3H3. The van der Waals surface area contributed by atoms with E-state index in [1.807, 2.05) is 0 Å². The van der Waals surface area contributed by atoms with E-state index in [9.17, 15) is 0 Å². The van der Waals surface area contributed by atoms with E-state index in [1.54, 1.807) is 0 Å². The van der Waals surface area contributed by atoms with Crippen molar-refractivity contribution >= 4 is 0 Å². The van der Waals surface area contributed by atoms with Crippen LogP contribution in [0.2, 0.25) is 0 Å². The van der Waals surface area contributed by atoms with Gasteiger partial charge in [0.1, 0.15) is 0 Å². The molecule has 1 aromatic rings. The highest BCUT2D eigenvalue weighted by molar-refractivity contribution is 5.23. The van der Waals surface area contributed by atoms with Gasteiger partial charge in [-0.25, -0.2) is 0 Å². The molecule has 2 aliphatic rings. The molecule has 3 rings (SSSR count). The van der Waals surface area contributed by atoms with Gasteiger partial charge in [-0.15, -0.1) is 0 Å². The monoisotopic (exact) mass is 288 g/mol. The van der Waals surface area contributed by atoms with Crippen molar-refractivity contribution in [1.82, 2.24) is 10.2 Å². The number of hydrogen-bond donors (Lipinski definition) is 1. The number of hydrogen-bond acceptors (Lipinski definition) is 3. The van der Waals surface area contributed by atoms with Crippen LogP contribution >= 0.6 is 0 Å². The first-order valence-corrected chi connectivity index (χ1v) is 8.21. The van der Waals surface area contributed by atoms with E-state index in [1.165, 1.54) is 24.0 Å². The molecule has 1 saturated carbocycles. The van der Waals surface area contributed by atoms with E-state index in [4.69, 9.17) is 4.74 Å². The van der Waals surface area contributed by atoms with Gasteiger partial charge in [0.2, 0.25) is 0 Å². The van der Waals surface area contributed by atoms with Crippen molar-refractivity contribution in [2.24, 2.45) is 0 Å². The molecule has 1 saturated heterocycles. The van der Waals surface area contributed by atoms with E-state index in [2.05, 4.69) is 55.3 Å². The first-order chi connectivity index (χ1) is 10.00. The Morgan fingerprint density at radius 1 is 1.29 bits per heavy atom. The Kier molecular flexibility index (Phi) is 4.34. The molecule has 1 N–H and O–H groups in total. The van der Waals surface area contributed by atoms with Gasteiger partial charge in [0.25, 0.3) is 0 Å². The number of nitrogens with one attached hydrogen (secondary N) is 1. The average molecular weight is 288 g/mol. The summed E-state index contributed by atoms with van der Waals surface area (Å²) in [6.07, 6.45) is 3.01. The van der Waals surface area contributed by atoms with Crippen LogP contribution in [-0.4, -0.2) is 35.7 Å². The van der Waals surface area contributed by atoms with Crippen LogP contribution in [0, 0.1) is 0 Å². The topological polar surface area (TPSA) is 24.5 Å². The molecule has 1 heterocycles. The molecular weight excluding hydrogens is 260 g/mol. The van der Waals surface area contributed by atoms with Crippen LogP contribution in [0.25, 0.3) is 0 Å². The Morgan fingerprint density at radius 2 is 2.05 bits per heavy atom. The van der Waals surface area contributed by atoms with Crippen molar-refractivity contribution in [3.63, 3.8) is 0 Å². The first-order valence-electron chi connectivity index (χ1n) is 8.21. The minimum absolute atomic E-state index is 0.0389. The lowest BCUT2D eigenvalue weighted by atomic mass is 10.0. The minimum atomic E-state index is -0.0389. The molecule has 1 unspecified atom stereocenters. The van der Waals surface area contributed by atoms with Gasteiger partial charge < -0.3 is 10.1 Å². The molecule has 1 atom stereocenters. The number of benzene rings is 1. The SMILES string of the molecule is CC1CN(Cc2cccc(CNC3CC3)c2)CC(C)(C)O1. The summed E-state index contributed by atoms with van der Waals surface area (Å²) >= 11 is 0. The fraction of sp³-hybridized carbons (Fsp3) is 0.667. The van der Waals surface area contributed by atoms with Crippen LogP contribution in [0.4, 0.5) is 0 Å². The maximum atomic E-state index is 5.99. The van der Waals surface area contributed by atoms with Crippen LogP contribution in [-0.2, 0) is 17.8 Å². The maximum Gasteiger partial charge on any atom is 0.0757 e. The molecule has 0 aromatic heterocycles. The molecule has 0 bridgehead atoms. The number of ether oxygens (including phenoxy) is 1. The molecule has 0 amide bonds. The molecular formula is C18H28N2O. The number of nitrogens with zero attached hydrogens (tertiary/aromatic N) is 1. The van der Waals surface area contributed by atoms with Crippen LogP contribution in [0.3, 0.4) is 0 Å². The third-order valence-electron chi connectivity index (χ3n) is 4.21. The summed E-state index contributed by atoms with van der Waals surface area (Å²) in [5, 5.41) is 3.59. The van der Waals surface area contributed by atoms with Gasteiger partial charge in [-0.05, 0) is 44.7 Å². The molecule has 1 aliphatic carbocycles. The van der Waals surface area contributed by atoms with Crippen molar-refractivity contribution in [1.29, 1.82) is 0 Å². The second-order valence-electron chi connectivity index (χ2n) is 7.33. The van der Waals surface area contributed by atoms with E-state index >= 15 is 0 Å². The van der Waals surface area contributed by atoms with E-state index in [-0.39, 0.29) is 5.60 Å². The number of rotatable bonds is 5. The summed E-state index contributed by atoms with van der Waals surface area (Å²) in [6, 6.07) is 9.78. The first kappa shape index (κ1) is 15.0. The van der Waals surface area contributed by atoms with Gasteiger partial charge in [0.15, 0.2) is 0 Å². The van der Waals surface area contributed by atoms with Crippen molar-refractivity contribution in [3.8, 4) is 0 Å². The summed E-state index contributed by atoms with van der Waals surface area (Å²) in [5.41, 5.74) is 2.78. The Bertz CT molecular complexity index is 482. The van der Waals surface area contributed by atoms with Crippen molar-refractivity contribution in [2.75, 3.05) is 13.1 Å². The lowest BCUT2D eigenvalue weighted by Crippen LogP contribution is -2.51. The summed E-state index contributed by atoms with van der Waals surface area (Å²) in [7, 11) is 0. The van der Waals surface area contributed by atoms with Gasteiger partial charge in [0, 0.05) is 32.2 Å². The third-order valence-corrected chi connectivity index (χ3v) is 4.21. The van der Waals surface area contributed by atoms with Gasteiger partial charge in [0.05, 0.1) is 11.7 Å². The normalized spacial score (nSPS) is 26.0. The summed E-state index contributed by atoms with van der Waals surface area (Å²) in [4.78, 5) is 2.52. The lowest BCUT2D eigenvalue weighted by molar-refractivity contribution is -0.130. The predicted molar refractivity (Wildman–Crippen MR) is 86.2 cm³/mol. The second-order valence-corrected chi connectivity index (χ2v) is 7.33. The second kappa shape index (κ2) is 6.07. The zero-order chi connectivity index (χ0) is 14.9. The highest BCUT2D eigenvalue weighted by Gasteiger charge is 2.31. The molecule has 0 radical (unpaired) electrons. The predicted octanol–water partition coefficient (Wildman–Crippen LogP) is 2.94. The Morgan fingerprint density at radius 3 is 2.76 bits per heavy atom. The molecule has 1 aliphatic heterocycles. The Balaban J connectivity index is 1.59. The lowest BCUT2D eigenvalue weighted by Gasteiger charge is -2.41. The molecule has 3 nitrogen and oxygen atoms in total. The zero-order valence-electron chi connectivity index (χ0n) is 13.6. The highest BCUT2D eigenvalue weighted by Crippen LogP contribution is 2.23. The Labute approximate surface area is 128 Å². The number of morpholine rings is 1. The quantitative estimate of drug-likeness (QED) is 0.901. The summed E-state index contributed by atoms with van der Waals surface area (Å²) in [5.74, 6) is 0. The highest BCUT2D eigenvalue weighted by atomic mass is 16.5. The maximum absolute atomic E-state index is 5.99. The van der Waals surface area contributed by atoms with Crippen molar-refractivity contribution < 1.29 is 4.74 Å².